The number of aliphatic hydroxyl groups excluding tert-OH is 5. The largest absolute Gasteiger partial charge is 0.472 e. The zero-order chi connectivity index (χ0) is 45.0. The van der Waals surface area contributed by atoms with Gasteiger partial charge in [-0.25, -0.2) is 4.57 Å². The van der Waals surface area contributed by atoms with Crippen LogP contribution in [-0.4, -0.2) is 98.3 Å². The van der Waals surface area contributed by atoms with Crippen molar-refractivity contribution in [1.82, 2.24) is 0 Å². The third-order valence-corrected chi connectivity index (χ3v) is 11.3. The second kappa shape index (κ2) is 37.0. The molecule has 1 fully saturated rings. The molecular formula is C47H81O13P. The predicted molar refractivity (Wildman–Crippen MR) is 239 cm³/mol. The number of unbranched alkanes of at least 4 members (excludes halogenated alkanes) is 15. The highest BCUT2D eigenvalue weighted by molar-refractivity contribution is 7.47. The van der Waals surface area contributed by atoms with E-state index in [0.717, 1.165) is 64.2 Å². The van der Waals surface area contributed by atoms with Gasteiger partial charge in [0.1, 0.15) is 43.2 Å². The summed E-state index contributed by atoms with van der Waals surface area (Å²) >= 11 is 0. The number of aliphatic hydroxyl groups is 5. The Morgan fingerprint density at radius 2 is 0.902 bits per heavy atom. The lowest BCUT2D eigenvalue weighted by Crippen LogP contribution is -2.64. The molecule has 0 bridgehead atoms. The van der Waals surface area contributed by atoms with Crippen LogP contribution in [0.15, 0.2) is 60.8 Å². The lowest BCUT2D eigenvalue weighted by atomic mass is 9.85. The van der Waals surface area contributed by atoms with Gasteiger partial charge in [-0.3, -0.25) is 18.6 Å². The monoisotopic (exact) mass is 885 g/mol. The third-order valence-electron chi connectivity index (χ3n) is 10.3. The lowest BCUT2D eigenvalue weighted by molar-refractivity contribution is -0.220. The second-order valence-electron chi connectivity index (χ2n) is 15.9. The van der Waals surface area contributed by atoms with E-state index in [9.17, 15) is 44.6 Å². The van der Waals surface area contributed by atoms with Gasteiger partial charge in [0, 0.05) is 12.8 Å². The number of phosphoric ester groups is 1. The van der Waals surface area contributed by atoms with Crippen molar-refractivity contribution < 1.29 is 63.1 Å². The van der Waals surface area contributed by atoms with Crippen LogP contribution in [0.1, 0.15) is 168 Å². The van der Waals surface area contributed by atoms with Gasteiger partial charge in [-0.1, -0.05) is 139 Å². The number of rotatable bonds is 37. The summed E-state index contributed by atoms with van der Waals surface area (Å²) in [7, 11) is -5.13. The SMILES string of the molecule is CCCCCC=CCC=CCC=CCC=CCCCC(=O)OC[C@H](COP(=O)(O)OC1C(O)C(O)C(O)[C@@H](O)C1O)OC(=O)CCCCCCCC=CCCCCCCCC. The molecule has 0 heterocycles. The molecule has 8 atom stereocenters. The van der Waals surface area contributed by atoms with Crippen LogP contribution in [0.5, 0.6) is 0 Å². The molecule has 6 N–H and O–H groups in total. The molecule has 352 valence electrons. The fourth-order valence-electron chi connectivity index (χ4n) is 6.57. The number of esters is 2. The Morgan fingerprint density at radius 3 is 1.44 bits per heavy atom. The van der Waals surface area contributed by atoms with Crippen LogP contribution >= 0.6 is 7.82 Å². The highest BCUT2D eigenvalue weighted by Gasteiger charge is 2.51. The molecule has 1 aliphatic rings. The summed E-state index contributed by atoms with van der Waals surface area (Å²) in [6.07, 6.45) is 31.4. The fraction of sp³-hybridized carbons (Fsp3) is 0.745. The average molecular weight is 885 g/mol. The van der Waals surface area contributed by atoms with Gasteiger partial charge < -0.3 is 39.9 Å². The number of carbonyl (C=O) groups excluding carboxylic acids is 2. The molecule has 1 rings (SSSR count). The van der Waals surface area contributed by atoms with Crippen LogP contribution in [0.3, 0.4) is 0 Å². The van der Waals surface area contributed by atoms with Gasteiger partial charge in [0.2, 0.25) is 0 Å². The molecule has 0 radical (unpaired) electrons. The minimum Gasteiger partial charge on any atom is -0.462 e. The van der Waals surface area contributed by atoms with Crippen molar-refractivity contribution in [1.29, 1.82) is 0 Å². The molecule has 0 aromatic rings. The first-order valence-corrected chi connectivity index (χ1v) is 24.6. The highest BCUT2D eigenvalue weighted by atomic mass is 31.2. The summed E-state index contributed by atoms with van der Waals surface area (Å²) in [6, 6.07) is 0. The molecule has 0 aliphatic heterocycles. The molecule has 0 aromatic heterocycles. The summed E-state index contributed by atoms with van der Waals surface area (Å²) in [5.41, 5.74) is 0. The van der Waals surface area contributed by atoms with E-state index in [1.54, 1.807) is 0 Å². The van der Waals surface area contributed by atoms with E-state index < -0.39 is 75.7 Å². The van der Waals surface area contributed by atoms with E-state index in [2.05, 4.69) is 62.5 Å². The maximum atomic E-state index is 12.8. The first kappa shape index (κ1) is 56.6. The maximum Gasteiger partial charge on any atom is 0.472 e. The molecule has 0 saturated heterocycles. The zero-order valence-electron chi connectivity index (χ0n) is 37.2. The number of ether oxygens (including phenoxy) is 2. The van der Waals surface area contributed by atoms with Crippen molar-refractivity contribution in [3.63, 3.8) is 0 Å². The van der Waals surface area contributed by atoms with Gasteiger partial charge in [0.05, 0.1) is 6.61 Å². The predicted octanol–water partition coefficient (Wildman–Crippen LogP) is 8.94. The van der Waals surface area contributed by atoms with Gasteiger partial charge in [0.25, 0.3) is 0 Å². The Labute approximate surface area is 366 Å². The maximum absolute atomic E-state index is 12.8. The number of hydrogen-bond acceptors (Lipinski definition) is 12. The number of hydrogen-bond donors (Lipinski definition) is 6. The summed E-state index contributed by atoms with van der Waals surface area (Å²) in [6.45, 7) is 3.20. The van der Waals surface area contributed by atoms with Crippen molar-refractivity contribution in [2.24, 2.45) is 0 Å². The van der Waals surface area contributed by atoms with Crippen molar-refractivity contribution >= 4 is 19.8 Å². The van der Waals surface area contributed by atoms with Gasteiger partial charge in [-0.2, -0.15) is 0 Å². The Kier molecular flexibility index (Phi) is 34.3. The van der Waals surface area contributed by atoms with Crippen LogP contribution in [0.2, 0.25) is 0 Å². The topological polar surface area (TPSA) is 210 Å². The van der Waals surface area contributed by atoms with Gasteiger partial charge in [0.15, 0.2) is 6.10 Å². The summed E-state index contributed by atoms with van der Waals surface area (Å²) in [5, 5.41) is 50.1. The molecule has 1 saturated carbocycles. The van der Waals surface area contributed by atoms with E-state index >= 15 is 0 Å². The Bertz CT molecular complexity index is 1300. The zero-order valence-corrected chi connectivity index (χ0v) is 38.1. The van der Waals surface area contributed by atoms with Crippen LogP contribution < -0.4 is 0 Å². The minimum atomic E-state index is -5.13. The summed E-state index contributed by atoms with van der Waals surface area (Å²) in [5.74, 6) is -1.18. The van der Waals surface area contributed by atoms with Crippen molar-refractivity contribution in [2.75, 3.05) is 13.2 Å². The summed E-state index contributed by atoms with van der Waals surface area (Å²) < 4.78 is 33.4. The number of allylic oxidation sites excluding steroid dienone is 10. The van der Waals surface area contributed by atoms with E-state index in [4.69, 9.17) is 18.5 Å². The Balaban J connectivity index is 2.52. The van der Waals surface area contributed by atoms with Gasteiger partial charge >= 0.3 is 19.8 Å². The molecule has 0 spiro atoms. The van der Waals surface area contributed by atoms with Crippen molar-refractivity contribution in [3.05, 3.63) is 60.8 Å². The number of phosphoric acid groups is 1. The van der Waals surface area contributed by atoms with Crippen LogP contribution in [0.25, 0.3) is 0 Å². The number of carbonyl (C=O) groups is 2. The molecule has 13 nitrogen and oxygen atoms in total. The molecule has 0 amide bonds. The van der Waals surface area contributed by atoms with E-state index in [1.165, 1.54) is 57.8 Å². The molecule has 6 unspecified atom stereocenters. The summed E-state index contributed by atoms with van der Waals surface area (Å²) in [4.78, 5) is 35.7. The normalized spacial score (nSPS) is 22.6. The van der Waals surface area contributed by atoms with Crippen LogP contribution in [0.4, 0.5) is 0 Å². The third kappa shape index (κ3) is 29.5. The minimum absolute atomic E-state index is 0.0729. The second-order valence-corrected chi connectivity index (χ2v) is 17.3. The molecular weight excluding hydrogens is 803 g/mol. The first-order chi connectivity index (χ1) is 29.4. The molecule has 1 aliphatic carbocycles. The average Bonchev–Trinajstić information content (AvgIpc) is 3.24. The molecule has 61 heavy (non-hydrogen) atoms. The smallest absolute Gasteiger partial charge is 0.462 e. The highest BCUT2D eigenvalue weighted by Crippen LogP contribution is 2.47. The van der Waals surface area contributed by atoms with E-state index in [0.29, 0.717) is 19.3 Å². The Hall–Kier alpha value is -2.45. The lowest BCUT2D eigenvalue weighted by Gasteiger charge is -2.41. The van der Waals surface area contributed by atoms with Crippen LogP contribution in [-0.2, 0) is 32.7 Å². The standard InChI is InChI=1S/C47H81O13P/c1-3-5-7-9-11-13-15-17-19-20-22-23-25-27-29-31-33-35-40(48)57-37-39(38-58-61(55,56)60-47-45(53)43(51)42(50)44(52)46(47)54)59-41(49)36-34-32-30-28-26-24-21-18-16-14-12-10-8-6-4-2/h11,13,17-19,21-23,27,29,39,42-47,50-54H,3-10,12,14-16,20,24-26,28,30-38H2,1-2H3,(H,55,56)/t39-,42?,43-,44?,45?,46?,47?/m1/s1. The van der Waals surface area contributed by atoms with Gasteiger partial charge in [-0.15, -0.1) is 0 Å². The molecule has 14 heteroatoms. The van der Waals surface area contributed by atoms with Gasteiger partial charge in [-0.05, 0) is 77.0 Å². The van der Waals surface area contributed by atoms with E-state index in [-0.39, 0.29) is 12.8 Å². The van der Waals surface area contributed by atoms with E-state index in [1.807, 2.05) is 12.2 Å². The van der Waals surface area contributed by atoms with Crippen molar-refractivity contribution in [3.8, 4) is 0 Å². The quantitative estimate of drug-likeness (QED) is 0.0149. The first-order valence-electron chi connectivity index (χ1n) is 23.1. The van der Waals surface area contributed by atoms with Crippen molar-refractivity contribution in [2.45, 2.75) is 211 Å². The molecule has 0 aromatic carbocycles. The Morgan fingerprint density at radius 1 is 0.508 bits per heavy atom. The van der Waals surface area contributed by atoms with Crippen LogP contribution in [0, 0.1) is 0 Å². The fourth-order valence-corrected chi connectivity index (χ4v) is 7.54.